The number of Topliss-reactive ketones (excluding diaryl/α,β-unsaturated/α-hetero) is 1. The Kier molecular flexibility index (Phi) is 7.59. The topological polar surface area (TPSA) is 59.5 Å². The molecule has 1 aromatic heterocycles. The number of anilines is 1. The number of nitrogens with zero attached hydrogens (tertiary/aromatic N) is 2. The van der Waals surface area contributed by atoms with Crippen molar-refractivity contribution in [1.82, 2.24) is 4.98 Å². The van der Waals surface area contributed by atoms with E-state index in [0.717, 1.165) is 17.0 Å². The molecular formula is C27H29FN2O3. The molecule has 2 aromatic carbocycles. The van der Waals surface area contributed by atoms with Crippen LogP contribution in [-0.2, 0) is 11.2 Å². The van der Waals surface area contributed by atoms with Crippen molar-refractivity contribution in [3.05, 3.63) is 76.9 Å². The van der Waals surface area contributed by atoms with Gasteiger partial charge < -0.3 is 9.64 Å². The summed E-state index contributed by atoms with van der Waals surface area (Å²) in [5.41, 5.74) is 4.98. The second-order valence-electron chi connectivity index (χ2n) is 8.01. The lowest BCUT2D eigenvalue weighted by Crippen LogP contribution is -2.25. The Morgan fingerprint density at radius 1 is 1.06 bits per heavy atom. The van der Waals surface area contributed by atoms with Gasteiger partial charge in [-0.05, 0) is 61.7 Å². The number of halogens is 1. The van der Waals surface area contributed by atoms with Crippen LogP contribution in [0.25, 0.3) is 11.1 Å². The van der Waals surface area contributed by atoms with Gasteiger partial charge in [0.1, 0.15) is 11.6 Å². The Morgan fingerprint density at radius 3 is 2.45 bits per heavy atom. The van der Waals surface area contributed by atoms with Crippen molar-refractivity contribution in [3.63, 3.8) is 0 Å². The molecule has 0 fully saturated rings. The minimum atomic E-state index is -0.499. The summed E-state index contributed by atoms with van der Waals surface area (Å²) in [7, 11) is 3.08. The monoisotopic (exact) mass is 448 g/mol. The van der Waals surface area contributed by atoms with Crippen LogP contribution in [0, 0.1) is 19.7 Å². The maximum absolute atomic E-state index is 14.8. The van der Waals surface area contributed by atoms with E-state index in [1.165, 1.54) is 18.1 Å². The van der Waals surface area contributed by atoms with E-state index in [-0.39, 0.29) is 17.4 Å². The highest BCUT2D eigenvalue weighted by Crippen LogP contribution is 2.34. The van der Waals surface area contributed by atoms with Crippen LogP contribution in [0.15, 0.2) is 48.5 Å². The normalized spacial score (nSPS) is 10.7. The molecule has 0 radical (unpaired) electrons. The van der Waals surface area contributed by atoms with Crippen molar-refractivity contribution in [3.8, 4) is 16.9 Å². The van der Waals surface area contributed by atoms with Gasteiger partial charge in [-0.2, -0.15) is 0 Å². The lowest BCUT2D eigenvalue weighted by molar-refractivity contribution is -0.118. The molecule has 1 heterocycles. The largest absolute Gasteiger partial charge is 0.496 e. The third kappa shape index (κ3) is 5.45. The number of hydrogen-bond donors (Lipinski definition) is 0. The van der Waals surface area contributed by atoms with Gasteiger partial charge in [0.25, 0.3) is 0 Å². The SMILES string of the molecule is CCC(=O)N(C)c1ccc(-c2ccc(C(=O)CCc3ccc(C)nc3C)cc2OC)cc1F. The molecular weight excluding hydrogens is 419 g/mol. The Morgan fingerprint density at radius 2 is 1.82 bits per heavy atom. The predicted molar refractivity (Wildman–Crippen MR) is 128 cm³/mol. The number of carbonyl (C=O) groups is 2. The number of rotatable bonds is 8. The van der Waals surface area contributed by atoms with Crippen LogP contribution in [0.3, 0.4) is 0 Å². The molecule has 3 rings (SSSR count). The lowest BCUT2D eigenvalue weighted by Gasteiger charge is -2.18. The summed E-state index contributed by atoms with van der Waals surface area (Å²) in [5, 5.41) is 0. The summed E-state index contributed by atoms with van der Waals surface area (Å²) in [4.78, 5) is 30.5. The van der Waals surface area contributed by atoms with E-state index in [9.17, 15) is 14.0 Å². The zero-order chi connectivity index (χ0) is 24.1. The molecule has 5 nitrogen and oxygen atoms in total. The quantitative estimate of drug-likeness (QED) is 0.415. The van der Waals surface area contributed by atoms with Gasteiger partial charge in [0.15, 0.2) is 5.78 Å². The standard InChI is InChI=1S/C27H29FN2O3/c1-6-27(32)30(4)24-13-10-20(15-23(24)28)22-12-9-21(16-26(22)33-5)25(31)14-11-19-8-7-17(2)29-18(19)3/h7-10,12-13,15-16H,6,11,14H2,1-5H3. The van der Waals surface area contributed by atoms with Gasteiger partial charge in [0.05, 0.1) is 12.8 Å². The maximum Gasteiger partial charge on any atom is 0.226 e. The molecule has 0 spiro atoms. The highest BCUT2D eigenvalue weighted by Gasteiger charge is 2.17. The van der Waals surface area contributed by atoms with E-state index in [0.29, 0.717) is 41.7 Å². The number of ether oxygens (including phenoxy) is 1. The molecule has 33 heavy (non-hydrogen) atoms. The van der Waals surface area contributed by atoms with Gasteiger partial charge in [-0.25, -0.2) is 4.39 Å². The molecule has 0 bridgehead atoms. The molecule has 0 aliphatic heterocycles. The number of pyridine rings is 1. The Labute approximate surface area is 194 Å². The molecule has 0 atom stereocenters. The third-order valence-corrected chi connectivity index (χ3v) is 5.78. The summed E-state index contributed by atoms with van der Waals surface area (Å²) in [6.45, 7) is 5.63. The average molecular weight is 449 g/mol. The van der Waals surface area contributed by atoms with E-state index in [2.05, 4.69) is 4.98 Å². The first-order valence-corrected chi connectivity index (χ1v) is 11.0. The minimum absolute atomic E-state index is 0.000978. The van der Waals surface area contributed by atoms with Gasteiger partial charge in [-0.1, -0.05) is 25.1 Å². The molecule has 0 unspecified atom stereocenters. The van der Waals surface area contributed by atoms with Crippen LogP contribution >= 0.6 is 0 Å². The van der Waals surface area contributed by atoms with E-state index >= 15 is 0 Å². The first-order chi connectivity index (χ1) is 15.7. The number of aryl methyl sites for hydroxylation is 3. The summed E-state index contributed by atoms with van der Waals surface area (Å²) in [6.07, 6.45) is 1.26. The molecule has 0 N–H and O–H groups in total. The number of methoxy groups -OCH3 is 1. The lowest BCUT2D eigenvalue weighted by atomic mass is 9.97. The molecule has 0 aliphatic rings. The van der Waals surface area contributed by atoms with Gasteiger partial charge in [0.2, 0.25) is 5.91 Å². The van der Waals surface area contributed by atoms with Crippen LogP contribution in [0.4, 0.5) is 10.1 Å². The molecule has 6 heteroatoms. The van der Waals surface area contributed by atoms with Crippen molar-refractivity contribution in [2.75, 3.05) is 19.1 Å². The second kappa shape index (κ2) is 10.4. The van der Waals surface area contributed by atoms with Crippen molar-refractivity contribution < 1.29 is 18.7 Å². The van der Waals surface area contributed by atoms with Crippen LogP contribution in [0.1, 0.15) is 47.1 Å². The molecule has 0 saturated carbocycles. The second-order valence-corrected chi connectivity index (χ2v) is 8.01. The van der Waals surface area contributed by atoms with Crippen molar-refractivity contribution in [1.29, 1.82) is 0 Å². The summed E-state index contributed by atoms with van der Waals surface area (Å²) in [6, 6.07) is 13.8. The van der Waals surface area contributed by atoms with Gasteiger partial charge >= 0.3 is 0 Å². The number of ketones is 1. The summed E-state index contributed by atoms with van der Waals surface area (Å²) in [5.74, 6) is -0.181. The fraction of sp³-hybridized carbons (Fsp3) is 0.296. The first kappa shape index (κ1) is 24.1. The highest BCUT2D eigenvalue weighted by atomic mass is 19.1. The molecule has 172 valence electrons. The van der Waals surface area contributed by atoms with Crippen LogP contribution in [-0.4, -0.2) is 30.8 Å². The van der Waals surface area contributed by atoms with E-state index in [1.54, 1.807) is 44.3 Å². The van der Waals surface area contributed by atoms with Crippen molar-refractivity contribution in [2.45, 2.75) is 40.0 Å². The smallest absolute Gasteiger partial charge is 0.226 e. The number of hydrogen-bond acceptors (Lipinski definition) is 4. The van der Waals surface area contributed by atoms with Gasteiger partial charge in [0, 0.05) is 42.4 Å². The Hall–Kier alpha value is -3.54. The van der Waals surface area contributed by atoms with E-state index < -0.39 is 5.82 Å². The zero-order valence-corrected chi connectivity index (χ0v) is 19.7. The zero-order valence-electron chi connectivity index (χ0n) is 19.7. The fourth-order valence-corrected chi connectivity index (χ4v) is 3.79. The molecule has 0 aliphatic carbocycles. The van der Waals surface area contributed by atoms with Crippen LogP contribution < -0.4 is 9.64 Å². The number of benzene rings is 2. The first-order valence-electron chi connectivity index (χ1n) is 11.0. The Bertz CT molecular complexity index is 1190. The van der Waals surface area contributed by atoms with Crippen LogP contribution in [0.5, 0.6) is 5.75 Å². The van der Waals surface area contributed by atoms with E-state index in [1.807, 2.05) is 26.0 Å². The minimum Gasteiger partial charge on any atom is -0.496 e. The molecule has 1 amide bonds. The van der Waals surface area contributed by atoms with Crippen molar-refractivity contribution >= 4 is 17.4 Å². The molecule has 3 aromatic rings. The summed E-state index contributed by atoms with van der Waals surface area (Å²) < 4.78 is 20.3. The highest BCUT2D eigenvalue weighted by molar-refractivity contribution is 5.97. The van der Waals surface area contributed by atoms with E-state index in [4.69, 9.17) is 4.74 Å². The third-order valence-electron chi connectivity index (χ3n) is 5.78. The predicted octanol–water partition coefficient (Wildman–Crippen LogP) is 5.70. The average Bonchev–Trinajstić information content (AvgIpc) is 2.81. The maximum atomic E-state index is 14.8. The fourth-order valence-electron chi connectivity index (χ4n) is 3.79. The number of carbonyl (C=O) groups excluding carboxylic acids is 2. The number of amides is 1. The van der Waals surface area contributed by atoms with Gasteiger partial charge in [-0.3, -0.25) is 14.6 Å². The van der Waals surface area contributed by atoms with Crippen molar-refractivity contribution in [2.24, 2.45) is 0 Å². The Balaban J connectivity index is 1.81. The summed E-state index contributed by atoms with van der Waals surface area (Å²) >= 11 is 0. The number of aromatic nitrogens is 1. The van der Waals surface area contributed by atoms with Gasteiger partial charge in [-0.15, -0.1) is 0 Å². The molecule has 0 saturated heterocycles. The van der Waals surface area contributed by atoms with Crippen LogP contribution in [0.2, 0.25) is 0 Å².